The van der Waals surface area contributed by atoms with Crippen LogP contribution in [-0.2, 0) is 4.79 Å². The first-order valence-corrected chi connectivity index (χ1v) is 8.04. The molecule has 1 aromatic carbocycles. The Morgan fingerprint density at radius 1 is 1.22 bits per heavy atom. The highest BCUT2D eigenvalue weighted by Crippen LogP contribution is 2.28. The predicted octanol–water partition coefficient (Wildman–Crippen LogP) is 3.36. The molecule has 5 nitrogen and oxygen atoms in total. The number of furan rings is 1. The van der Waals surface area contributed by atoms with Gasteiger partial charge in [-0.15, -0.1) is 0 Å². The van der Waals surface area contributed by atoms with E-state index in [0.29, 0.717) is 30.9 Å². The van der Waals surface area contributed by atoms with Gasteiger partial charge in [-0.1, -0.05) is 0 Å². The third-order valence-corrected chi connectivity index (χ3v) is 4.65. The first-order chi connectivity index (χ1) is 11.0. The van der Waals surface area contributed by atoms with Gasteiger partial charge in [0.2, 0.25) is 0 Å². The number of carbonyl (C=O) groups is 2. The average molecular weight is 315 g/mol. The van der Waals surface area contributed by atoms with Crippen LogP contribution in [0.1, 0.15) is 41.8 Å². The molecule has 1 aromatic heterocycles. The number of aryl methyl sites for hydroxylation is 1. The Bertz CT molecular complexity index is 726. The SMILES string of the molecule is Cc1cc2cc(C(=O)NCC3CCC(C(=O)O)CC3)ccc2o1. The molecule has 0 unspecified atom stereocenters. The van der Waals surface area contributed by atoms with Crippen LogP contribution in [0.15, 0.2) is 28.7 Å². The van der Waals surface area contributed by atoms with Gasteiger partial charge in [-0.25, -0.2) is 0 Å². The number of fused-ring (bicyclic) bond motifs is 1. The normalized spacial score (nSPS) is 21.3. The van der Waals surface area contributed by atoms with Crippen molar-refractivity contribution in [3.63, 3.8) is 0 Å². The summed E-state index contributed by atoms with van der Waals surface area (Å²) >= 11 is 0. The van der Waals surface area contributed by atoms with E-state index in [2.05, 4.69) is 5.32 Å². The lowest BCUT2D eigenvalue weighted by atomic mass is 9.82. The second-order valence-electron chi connectivity index (χ2n) is 6.38. The summed E-state index contributed by atoms with van der Waals surface area (Å²) in [5.41, 5.74) is 1.41. The van der Waals surface area contributed by atoms with Gasteiger partial charge in [0.1, 0.15) is 11.3 Å². The number of rotatable bonds is 4. The Balaban J connectivity index is 1.55. The van der Waals surface area contributed by atoms with E-state index in [1.807, 2.05) is 25.1 Å². The minimum atomic E-state index is -0.698. The van der Waals surface area contributed by atoms with E-state index < -0.39 is 5.97 Å². The number of nitrogens with one attached hydrogen (secondary N) is 1. The average Bonchev–Trinajstić information content (AvgIpc) is 2.92. The summed E-state index contributed by atoms with van der Waals surface area (Å²) in [4.78, 5) is 23.2. The number of benzene rings is 1. The maximum absolute atomic E-state index is 12.3. The number of hydrogen-bond acceptors (Lipinski definition) is 3. The molecule has 0 spiro atoms. The molecule has 2 aromatic rings. The summed E-state index contributed by atoms with van der Waals surface area (Å²) in [6.07, 6.45) is 3.13. The highest BCUT2D eigenvalue weighted by molar-refractivity contribution is 5.97. The Hall–Kier alpha value is -2.30. The molecule has 0 saturated heterocycles. The molecule has 1 heterocycles. The third-order valence-electron chi connectivity index (χ3n) is 4.65. The van der Waals surface area contributed by atoms with Crippen molar-refractivity contribution in [1.29, 1.82) is 0 Å². The topological polar surface area (TPSA) is 79.5 Å². The number of hydrogen-bond donors (Lipinski definition) is 2. The van der Waals surface area contributed by atoms with E-state index >= 15 is 0 Å². The van der Waals surface area contributed by atoms with Gasteiger partial charge in [0.15, 0.2) is 0 Å². The molecule has 122 valence electrons. The van der Waals surface area contributed by atoms with Gasteiger partial charge >= 0.3 is 5.97 Å². The van der Waals surface area contributed by atoms with E-state index in [0.717, 1.165) is 29.6 Å². The second kappa shape index (κ2) is 6.44. The van der Waals surface area contributed by atoms with Crippen molar-refractivity contribution < 1.29 is 19.1 Å². The van der Waals surface area contributed by atoms with Gasteiger partial charge in [0.25, 0.3) is 5.91 Å². The molecule has 1 fully saturated rings. The molecule has 1 aliphatic rings. The standard InChI is InChI=1S/C18H21NO4/c1-11-8-15-9-14(6-7-16(15)23-11)17(20)19-10-12-2-4-13(5-3-12)18(21)22/h6-9,12-13H,2-5,10H2,1H3,(H,19,20)(H,21,22). The van der Waals surface area contributed by atoms with Crippen LogP contribution < -0.4 is 5.32 Å². The van der Waals surface area contributed by atoms with Crippen molar-refractivity contribution in [3.8, 4) is 0 Å². The summed E-state index contributed by atoms with van der Waals surface area (Å²) in [5, 5.41) is 12.9. The molecule has 5 heteroatoms. The van der Waals surface area contributed by atoms with Crippen molar-refractivity contribution in [2.45, 2.75) is 32.6 Å². The fourth-order valence-corrected chi connectivity index (χ4v) is 3.27. The summed E-state index contributed by atoms with van der Waals surface area (Å²) in [5.74, 6) is 0.193. The van der Waals surface area contributed by atoms with Crippen LogP contribution >= 0.6 is 0 Å². The van der Waals surface area contributed by atoms with E-state index in [4.69, 9.17) is 9.52 Å². The molecule has 1 aliphatic carbocycles. The summed E-state index contributed by atoms with van der Waals surface area (Å²) in [7, 11) is 0. The fraction of sp³-hybridized carbons (Fsp3) is 0.444. The van der Waals surface area contributed by atoms with Crippen LogP contribution in [0.4, 0.5) is 0 Å². The van der Waals surface area contributed by atoms with Gasteiger partial charge in [0, 0.05) is 17.5 Å². The van der Waals surface area contributed by atoms with Crippen molar-refractivity contribution in [3.05, 3.63) is 35.6 Å². The monoisotopic (exact) mass is 315 g/mol. The number of carboxylic acids is 1. The Morgan fingerprint density at radius 2 is 1.96 bits per heavy atom. The molecule has 0 atom stereocenters. The highest BCUT2D eigenvalue weighted by atomic mass is 16.4. The van der Waals surface area contributed by atoms with E-state index in [1.165, 1.54) is 0 Å². The van der Waals surface area contributed by atoms with Crippen LogP contribution in [0.25, 0.3) is 11.0 Å². The van der Waals surface area contributed by atoms with Crippen LogP contribution in [0.5, 0.6) is 0 Å². The molecule has 1 amide bonds. The first kappa shape index (κ1) is 15.6. The van der Waals surface area contributed by atoms with Crippen LogP contribution in [0.2, 0.25) is 0 Å². The maximum atomic E-state index is 12.3. The lowest BCUT2D eigenvalue weighted by molar-refractivity contribution is -0.143. The van der Waals surface area contributed by atoms with Gasteiger partial charge in [-0.05, 0) is 62.8 Å². The first-order valence-electron chi connectivity index (χ1n) is 8.04. The number of carboxylic acid groups (broad SMARTS) is 1. The zero-order chi connectivity index (χ0) is 16.4. The lowest BCUT2D eigenvalue weighted by Crippen LogP contribution is -2.32. The third kappa shape index (κ3) is 3.55. The summed E-state index contributed by atoms with van der Waals surface area (Å²) in [6.45, 7) is 2.49. The second-order valence-corrected chi connectivity index (χ2v) is 6.38. The number of amides is 1. The maximum Gasteiger partial charge on any atom is 0.306 e. The Labute approximate surface area is 134 Å². The van der Waals surface area contributed by atoms with Crippen molar-refractivity contribution in [2.24, 2.45) is 11.8 Å². The van der Waals surface area contributed by atoms with E-state index in [-0.39, 0.29) is 11.8 Å². The lowest BCUT2D eigenvalue weighted by Gasteiger charge is -2.26. The predicted molar refractivity (Wildman–Crippen MR) is 86.4 cm³/mol. The largest absolute Gasteiger partial charge is 0.481 e. The molecule has 3 rings (SSSR count). The number of carbonyl (C=O) groups excluding carboxylic acids is 1. The van der Waals surface area contributed by atoms with Crippen molar-refractivity contribution in [1.82, 2.24) is 5.32 Å². The van der Waals surface area contributed by atoms with E-state index in [1.54, 1.807) is 6.07 Å². The van der Waals surface area contributed by atoms with E-state index in [9.17, 15) is 9.59 Å². The van der Waals surface area contributed by atoms with Crippen LogP contribution in [0.3, 0.4) is 0 Å². The molecule has 2 N–H and O–H groups in total. The zero-order valence-corrected chi connectivity index (χ0v) is 13.2. The number of aliphatic carboxylic acids is 1. The fourth-order valence-electron chi connectivity index (χ4n) is 3.27. The summed E-state index contributed by atoms with van der Waals surface area (Å²) < 4.78 is 5.51. The molecule has 0 aliphatic heterocycles. The summed E-state index contributed by atoms with van der Waals surface area (Å²) in [6, 6.07) is 7.33. The molecule has 1 saturated carbocycles. The Morgan fingerprint density at radius 3 is 2.65 bits per heavy atom. The van der Waals surface area contributed by atoms with Crippen molar-refractivity contribution >= 4 is 22.8 Å². The molecular weight excluding hydrogens is 294 g/mol. The quantitative estimate of drug-likeness (QED) is 0.906. The molecular formula is C18H21NO4. The smallest absolute Gasteiger partial charge is 0.306 e. The minimum absolute atomic E-state index is 0.0916. The van der Waals surface area contributed by atoms with Gasteiger partial charge in [0.05, 0.1) is 5.92 Å². The van der Waals surface area contributed by atoms with Gasteiger partial charge in [-0.2, -0.15) is 0 Å². The van der Waals surface area contributed by atoms with Crippen molar-refractivity contribution in [2.75, 3.05) is 6.54 Å². The molecule has 0 radical (unpaired) electrons. The van der Waals surface area contributed by atoms with Crippen LogP contribution in [0, 0.1) is 18.8 Å². The molecule has 23 heavy (non-hydrogen) atoms. The molecule has 0 bridgehead atoms. The highest BCUT2D eigenvalue weighted by Gasteiger charge is 2.26. The van der Waals surface area contributed by atoms with Gasteiger partial charge < -0.3 is 14.8 Å². The Kier molecular flexibility index (Phi) is 4.37. The minimum Gasteiger partial charge on any atom is -0.481 e. The van der Waals surface area contributed by atoms with Crippen LogP contribution in [-0.4, -0.2) is 23.5 Å². The zero-order valence-electron chi connectivity index (χ0n) is 13.2. The van der Waals surface area contributed by atoms with Gasteiger partial charge in [-0.3, -0.25) is 9.59 Å².